The van der Waals surface area contributed by atoms with Crippen LogP contribution in [0.5, 0.6) is 0 Å². The zero-order valence-electron chi connectivity index (χ0n) is 11.3. The first kappa shape index (κ1) is 15.2. The Morgan fingerprint density at radius 3 is 2.85 bits per heavy atom. The number of hydrogen-bond acceptors (Lipinski definition) is 5. The molecule has 0 radical (unpaired) electrons. The molecule has 0 saturated carbocycles. The standard InChI is InChI=1S/C13H15Cl2N3O2/c1-3-4-5-8-7-16-10(11(14)17-8)9-6-13(2,12(15)19)20-18-9/h7H,3-6H2,1-2H3/t13-/m0/s1. The Morgan fingerprint density at radius 2 is 2.30 bits per heavy atom. The second kappa shape index (κ2) is 6.06. The fourth-order valence-corrected chi connectivity index (χ4v) is 2.21. The SMILES string of the molecule is CCCCc1cnc(C2=NO[C@](C)(C(=O)Cl)C2)c(Cl)n1. The van der Waals surface area contributed by atoms with Crippen LogP contribution in [0.15, 0.2) is 11.4 Å². The second-order valence-corrected chi connectivity index (χ2v) is 5.62. The third-order valence-corrected chi connectivity index (χ3v) is 3.78. The number of hydrogen-bond donors (Lipinski definition) is 0. The molecule has 0 bridgehead atoms. The van der Waals surface area contributed by atoms with E-state index in [2.05, 4.69) is 22.0 Å². The average molecular weight is 316 g/mol. The van der Waals surface area contributed by atoms with E-state index in [0.717, 1.165) is 25.0 Å². The molecule has 1 aromatic rings. The molecule has 0 fully saturated rings. The summed E-state index contributed by atoms with van der Waals surface area (Å²) in [7, 11) is 0. The molecular weight excluding hydrogens is 301 g/mol. The Labute approximate surface area is 127 Å². The number of carbonyl (C=O) groups is 1. The van der Waals surface area contributed by atoms with Crippen LogP contribution in [-0.4, -0.2) is 26.5 Å². The van der Waals surface area contributed by atoms with Crippen LogP contribution in [0, 0.1) is 0 Å². The van der Waals surface area contributed by atoms with Gasteiger partial charge in [-0.15, -0.1) is 0 Å². The van der Waals surface area contributed by atoms with Crippen LogP contribution in [0.1, 0.15) is 44.5 Å². The lowest BCUT2D eigenvalue weighted by Crippen LogP contribution is -2.32. The van der Waals surface area contributed by atoms with Crippen LogP contribution in [0.25, 0.3) is 0 Å². The van der Waals surface area contributed by atoms with E-state index in [1.807, 2.05) is 0 Å². The van der Waals surface area contributed by atoms with Crippen molar-refractivity contribution >= 4 is 34.2 Å². The quantitative estimate of drug-likeness (QED) is 0.783. The summed E-state index contributed by atoms with van der Waals surface area (Å²) in [5.41, 5.74) is 0.619. The minimum atomic E-state index is -1.15. The number of oxime groups is 1. The molecule has 108 valence electrons. The normalized spacial score (nSPS) is 21.5. The lowest BCUT2D eigenvalue weighted by molar-refractivity contribution is -0.130. The third-order valence-electron chi connectivity index (χ3n) is 3.12. The molecule has 0 amide bonds. The highest BCUT2D eigenvalue weighted by Gasteiger charge is 2.42. The van der Waals surface area contributed by atoms with Gasteiger partial charge in [0.25, 0.3) is 5.24 Å². The number of aromatic nitrogens is 2. The van der Waals surface area contributed by atoms with Gasteiger partial charge in [0.1, 0.15) is 11.4 Å². The van der Waals surface area contributed by atoms with Crippen molar-refractivity contribution in [3.05, 3.63) is 22.7 Å². The molecule has 0 spiro atoms. The van der Waals surface area contributed by atoms with Crippen molar-refractivity contribution in [3.63, 3.8) is 0 Å². The molecule has 0 saturated heterocycles. The van der Waals surface area contributed by atoms with Gasteiger partial charge < -0.3 is 4.84 Å². The van der Waals surface area contributed by atoms with Crippen molar-refractivity contribution in [2.45, 2.75) is 45.1 Å². The van der Waals surface area contributed by atoms with Gasteiger partial charge in [-0.05, 0) is 31.4 Å². The maximum absolute atomic E-state index is 11.3. The molecule has 1 aliphatic heterocycles. The van der Waals surface area contributed by atoms with Crippen molar-refractivity contribution in [1.82, 2.24) is 9.97 Å². The minimum Gasteiger partial charge on any atom is -0.379 e. The van der Waals surface area contributed by atoms with Gasteiger partial charge in [0.15, 0.2) is 5.15 Å². The molecule has 0 aromatic carbocycles. The highest BCUT2D eigenvalue weighted by molar-refractivity contribution is 6.65. The van der Waals surface area contributed by atoms with E-state index in [0.29, 0.717) is 11.4 Å². The highest BCUT2D eigenvalue weighted by Crippen LogP contribution is 2.29. The zero-order valence-corrected chi connectivity index (χ0v) is 12.8. The number of nitrogens with zero attached hydrogens (tertiary/aromatic N) is 3. The average Bonchev–Trinajstić information content (AvgIpc) is 2.80. The second-order valence-electron chi connectivity index (χ2n) is 4.91. The highest BCUT2D eigenvalue weighted by atomic mass is 35.5. The monoisotopic (exact) mass is 315 g/mol. The molecule has 5 nitrogen and oxygen atoms in total. The van der Waals surface area contributed by atoms with E-state index in [4.69, 9.17) is 28.0 Å². The van der Waals surface area contributed by atoms with Gasteiger partial charge >= 0.3 is 0 Å². The van der Waals surface area contributed by atoms with Crippen LogP contribution in [0.2, 0.25) is 5.15 Å². The summed E-state index contributed by atoms with van der Waals surface area (Å²) in [6.07, 6.45) is 4.87. The third kappa shape index (κ3) is 3.10. The largest absolute Gasteiger partial charge is 0.379 e. The topological polar surface area (TPSA) is 64.4 Å². The first-order valence-electron chi connectivity index (χ1n) is 6.43. The maximum atomic E-state index is 11.3. The minimum absolute atomic E-state index is 0.234. The van der Waals surface area contributed by atoms with Crippen LogP contribution < -0.4 is 0 Å². The van der Waals surface area contributed by atoms with Crippen LogP contribution >= 0.6 is 23.2 Å². The van der Waals surface area contributed by atoms with Gasteiger partial charge in [-0.2, -0.15) is 0 Å². The van der Waals surface area contributed by atoms with Crippen LogP contribution in [-0.2, 0) is 16.1 Å². The van der Waals surface area contributed by atoms with Crippen LogP contribution in [0.4, 0.5) is 0 Å². The number of halogens is 2. The molecule has 20 heavy (non-hydrogen) atoms. The van der Waals surface area contributed by atoms with Crippen LogP contribution in [0.3, 0.4) is 0 Å². The van der Waals surface area contributed by atoms with E-state index in [9.17, 15) is 4.79 Å². The van der Waals surface area contributed by atoms with Gasteiger partial charge in [-0.1, -0.05) is 30.1 Å². The molecule has 0 unspecified atom stereocenters. The molecule has 0 N–H and O–H groups in total. The fraction of sp³-hybridized carbons (Fsp3) is 0.538. The fourth-order valence-electron chi connectivity index (χ4n) is 1.84. The molecule has 1 aliphatic rings. The number of unbranched alkanes of at least 4 members (excludes halogenated alkanes) is 1. The zero-order chi connectivity index (χ0) is 14.8. The predicted molar refractivity (Wildman–Crippen MR) is 77.2 cm³/mol. The molecule has 2 heterocycles. The van der Waals surface area contributed by atoms with Crippen molar-refractivity contribution in [1.29, 1.82) is 0 Å². The summed E-state index contributed by atoms with van der Waals surface area (Å²) < 4.78 is 0. The van der Waals surface area contributed by atoms with E-state index in [1.54, 1.807) is 13.1 Å². The summed E-state index contributed by atoms with van der Waals surface area (Å²) in [6, 6.07) is 0. The lowest BCUT2D eigenvalue weighted by Gasteiger charge is -2.14. The van der Waals surface area contributed by atoms with E-state index < -0.39 is 10.8 Å². The summed E-state index contributed by atoms with van der Waals surface area (Å²) in [6.45, 7) is 3.69. The Balaban J connectivity index is 2.17. The first-order chi connectivity index (χ1) is 9.46. The maximum Gasteiger partial charge on any atom is 0.268 e. The summed E-state index contributed by atoms with van der Waals surface area (Å²) in [5, 5.41) is 3.53. The molecule has 0 aliphatic carbocycles. The smallest absolute Gasteiger partial charge is 0.268 e. The van der Waals surface area contributed by atoms with Gasteiger partial charge in [0.05, 0.1) is 5.69 Å². The van der Waals surface area contributed by atoms with Crippen molar-refractivity contribution in [2.24, 2.45) is 5.16 Å². The van der Waals surface area contributed by atoms with Gasteiger partial charge in [0, 0.05) is 12.6 Å². The molecule has 2 rings (SSSR count). The molecule has 7 heteroatoms. The van der Waals surface area contributed by atoms with Gasteiger partial charge in [-0.3, -0.25) is 4.79 Å². The Hall–Kier alpha value is -1.20. The Bertz CT molecular complexity index is 563. The molecular formula is C13H15Cl2N3O2. The van der Waals surface area contributed by atoms with E-state index >= 15 is 0 Å². The molecule has 1 atom stereocenters. The summed E-state index contributed by atoms with van der Waals surface area (Å²) in [5.74, 6) is 0. The summed E-state index contributed by atoms with van der Waals surface area (Å²) >= 11 is 11.6. The summed E-state index contributed by atoms with van der Waals surface area (Å²) in [4.78, 5) is 25.0. The molecule has 1 aromatic heterocycles. The lowest BCUT2D eigenvalue weighted by atomic mass is 10.00. The number of rotatable bonds is 5. The van der Waals surface area contributed by atoms with Crippen molar-refractivity contribution < 1.29 is 9.63 Å². The van der Waals surface area contributed by atoms with Crippen molar-refractivity contribution in [3.8, 4) is 0 Å². The Morgan fingerprint density at radius 1 is 1.55 bits per heavy atom. The number of aryl methyl sites for hydroxylation is 1. The van der Waals surface area contributed by atoms with E-state index in [-0.39, 0.29) is 11.6 Å². The van der Waals surface area contributed by atoms with Gasteiger partial charge in [-0.25, -0.2) is 9.97 Å². The van der Waals surface area contributed by atoms with Gasteiger partial charge in [0.2, 0.25) is 5.60 Å². The van der Waals surface area contributed by atoms with Crippen molar-refractivity contribution in [2.75, 3.05) is 0 Å². The number of carbonyl (C=O) groups excluding carboxylic acids is 1. The predicted octanol–water partition coefficient (Wildman–Crippen LogP) is 3.12. The first-order valence-corrected chi connectivity index (χ1v) is 7.18. The Kier molecular flexibility index (Phi) is 4.60. The van der Waals surface area contributed by atoms with E-state index in [1.165, 1.54) is 0 Å².